The Morgan fingerprint density at radius 1 is 1.25 bits per heavy atom. The van der Waals surface area contributed by atoms with Crippen molar-refractivity contribution in [1.82, 2.24) is 19.8 Å². The predicted octanol–water partition coefficient (Wildman–Crippen LogP) is 2.56. The molecule has 0 spiro atoms. The summed E-state index contributed by atoms with van der Waals surface area (Å²) < 4.78 is 1.68. The van der Waals surface area contributed by atoms with Gasteiger partial charge >= 0.3 is 0 Å². The molecular weight excluding hydrogens is 274 g/mol. The van der Waals surface area contributed by atoms with Crippen molar-refractivity contribution in [2.24, 2.45) is 0 Å². The van der Waals surface area contributed by atoms with Gasteiger partial charge in [0, 0.05) is 11.5 Å². The third kappa shape index (κ3) is 2.27. The van der Waals surface area contributed by atoms with E-state index in [-0.39, 0.29) is 11.8 Å². The maximum Gasteiger partial charge on any atom is 0.257 e. The molecule has 0 saturated carbocycles. The van der Waals surface area contributed by atoms with Crippen molar-refractivity contribution < 1.29 is 4.79 Å². The van der Waals surface area contributed by atoms with Crippen molar-refractivity contribution in [2.45, 2.75) is 19.8 Å². The summed E-state index contributed by atoms with van der Waals surface area (Å²) in [5.41, 5.74) is 0.600. The van der Waals surface area contributed by atoms with Crippen LogP contribution in [-0.2, 0) is 0 Å². The fourth-order valence-electron chi connectivity index (χ4n) is 1.80. The number of nitrogens with one attached hydrogen (secondary N) is 1. The van der Waals surface area contributed by atoms with Gasteiger partial charge in [0.15, 0.2) is 5.82 Å². The van der Waals surface area contributed by atoms with Gasteiger partial charge in [0.25, 0.3) is 5.91 Å². The number of nitrogens with zero attached hydrogens (tertiary/aromatic N) is 4. The average Bonchev–Trinajstić information content (AvgIpc) is 2.98. The molecule has 0 aliphatic heterocycles. The van der Waals surface area contributed by atoms with Crippen LogP contribution >= 0.6 is 11.3 Å². The fourth-order valence-corrected chi connectivity index (χ4v) is 2.54. The van der Waals surface area contributed by atoms with Gasteiger partial charge in [0.2, 0.25) is 10.1 Å². The molecule has 102 valence electrons. The van der Waals surface area contributed by atoms with E-state index in [1.165, 1.54) is 11.3 Å². The lowest BCUT2D eigenvalue weighted by Gasteiger charge is -2.00. The maximum atomic E-state index is 12.0. The molecule has 20 heavy (non-hydrogen) atoms. The van der Waals surface area contributed by atoms with E-state index in [4.69, 9.17) is 0 Å². The Morgan fingerprint density at radius 2 is 2.00 bits per heavy atom. The number of carbonyl (C=O) groups excluding carboxylic acids is 1. The first-order chi connectivity index (χ1) is 9.65. The molecule has 0 radical (unpaired) electrons. The van der Waals surface area contributed by atoms with Crippen LogP contribution in [0.4, 0.5) is 5.13 Å². The molecule has 1 N–H and O–H groups in total. The highest BCUT2D eigenvalue weighted by Gasteiger charge is 2.15. The molecule has 0 unspecified atom stereocenters. The second-order valence-corrected chi connectivity index (χ2v) is 5.59. The number of anilines is 1. The molecular formula is C13H13N5OS. The summed E-state index contributed by atoms with van der Waals surface area (Å²) in [6, 6.07) is 9.04. The molecule has 0 bridgehead atoms. The number of rotatable bonds is 3. The van der Waals surface area contributed by atoms with E-state index < -0.39 is 0 Å². The van der Waals surface area contributed by atoms with E-state index in [2.05, 4.69) is 20.6 Å². The first kappa shape index (κ1) is 12.7. The maximum absolute atomic E-state index is 12.0. The lowest BCUT2D eigenvalue weighted by Crippen LogP contribution is -2.11. The van der Waals surface area contributed by atoms with Crippen LogP contribution in [0, 0.1) is 0 Å². The highest BCUT2D eigenvalue weighted by molar-refractivity contribution is 7.20. The molecule has 0 atom stereocenters. The summed E-state index contributed by atoms with van der Waals surface area (Å²) in [5, 5.41) is 15.8. The Balaban J connectivity index is 1.86. The topological polar surface area (TPSA) is 72.2 Å². The number of amides is 1. The van der Waals surface area contributed by atoms with E-state index >= 15 is 0 Å². The Bertz CT molecular complexity index is 747. The number of fused-ring (bicyclic) bond motifs is 1. The van der Waals surface area contributed by atoms with E-state index in [0.717, 1.165) is 5.82 Å². The monoisotopic (exact) mass is 287 g/mol. The Morgan fingerprint density at radius 3 is 2.70 bits per heavy atom. The highest BCUT2D eigenvalue weighted by atomic mass is 32.1. The van der Waals surface area contributed by atoms with Crippen molar-refractivity contribution in [3.8, 4) is 0 Å². The fraction of sp³-hybridized carbons (Fsp3) is 0.231. The summed E-state index contributed by atoms with van der Waals surface area (Å²) in [6.45, 7) is 4.05. The molecule has 1 amide bonds. The molecule has 1 aromatic carbocycles. The number of benzene rings is 1. The highest BCUT2D eigenvalue weighted by Crippen LogP contribution is 2.22. The van der Waals surface area contributed by atoms with Crippen LogP contribution in [0.15, 0.2) is 30.3 Å². The van der Waals surface area contributed by atoms with Gasteiger partial charge in [-0.2, -0.15) is 4.52 Å². The summed E-state index contributed by atoms with van der Waals surface area (Å²) in [5.74, 6) is 0.836. The minimum atomic E-state index is -0.179. The normalized spacial score (nSPS) is 11.2. The largest absolute Gasteiger partial charge is 0.296 e. The molecule has 2 heterocycles. The van der Waals surface area contributed by atoms with Gasteiger partial charge in [-0.25, -0.2) is 0 Å². The lowest BCUT2D eigenvalue weighted by molar-refractivity contribution is 0.102. The van der Waals surface area contributed by atoms with E-state index in [9.17, 15) is 4.79 Å². The molecule has 0 saturated heterocycles. The van der Waals surface area contributed by atoms with Crippen LogP contribution in [0.3, 0.4) is 0 Å². The second kappa shape index (κ2) is 5.01. The predicted molar refractivity (Wildman–Crippen MR) is 77.1 cm³/mol. The molecule has 3 rings (SSSR count). The number of carbonyl (C=O) groups is 1. The minimum absolute atomic E-state index is 0.179. The quantitative estimate of drug-likeness (QED) is 0.803. The van der Waals surface area contributed by atoms with Crippen LogP contribution in [0.1, 0.15) is 35.9 Å². The van der Waals surface area contributed by atoms with Crippen molar-refractivity contribution >= 4 is 27.3 Å². The Kier molecular flexibility index (Phi) is 3.19. The zero-order chi connectivity index (χ0) is 14.1. The SMILES string of the molecule is CC(C)c1nnc2sc(NC(=O)c3ccccc3)nn12. The van der Waals surface area contributed by atoms with Crippen molar-refractivity contribution in [1.29, 1.82) is 0 Å². The Labute approximate surface area is 119 Å². The third-order valence-corrected chi connectivity index (χ3v) is 3.60. The van der Waals surface area contributed by atoms with E-state index in [0.29, 0.717) is 15.7 Å². The van der Waals surface area contributed by atoms with Crippen molar-refractivity contribution in [2.75, 3.05) is 5.32 Å². The van der Waals surface area contributed by atoms with Crippen molar-refractivity contribution in [3.05, 3.63) is 41.7 Å². The summed E-state index contributed by atoms with van der Waals surface area (Å²) >= 11 is 1.30. The smallest absolute Gasteiger partial charge is 0.257 e. The number of aromatic nitrogens is 4. The van der Waals surface area contributed by atoms with Crippen LogP contribution < -0.4 is 5.32 Å². The summed E-state index contributed by atoms with van der Waals surface area (Å²) in [7, 11) is 0. The second-order valence-electron chi connectivity index (χ2n) is 4.63. The molecule has 0 fully saturated rings. The molecule has 6 nitrogen and oxygen atoms in total. The van der Waals surface area contributed by atoms with Crippen LogP contribution in [0.5, 0.6) is 0 Å². The van der Waals surface area contributed by atoms with Gasteiger partial charge in [-0.1, -0.05) is 43.4 Å². The first-order valence-electron chi connectivity index (χ1n) is 6.23. The third-order valence-electron chi connectivity index (χ3n) is 2.79. The van der Waals surface area contributed by atoms with Gasteiger partial charge in [-0.05, 0) is 12.1 Å². The van der Waals surface area contributed by atoms with Crippen LogP contribution in [0.25, 0.3) is 4.96 Å². The van der Waals surface area contributed by atoms with Gasteiger partial charge in [-0.3, -0.25) is 10.1 Å². The number of hydrogen-bond acceptors (Lipinski definition) is 5. The van der Waals surface area contributed by atoms with E-state index in [1.807, 2.05) is 32.0 Å². The molecule has 7 heteroatoms. The zero-order valence-electron chi connectivity index (χ0n) is 11.1. The van der Waals surface area contributed by atoms with Gasteiger partial charge in [0.1, 0.15) is 0 Å². The molecule has 0 aliphatic carbocycles. The van der Waals surface area contributed by atoms with Gasteiger partial charge < -0.3 is 0 Å². The van der Waals surface area contributed by atoms with Gasteiger partial charge in [0.05, 0.1) is 0 Å². The Hall–Kier alpha value is -2.28. The molecule has 3 aromatic rings. The minimum Gasteiger partial charge on any atom is -0.296 e. The van der Waals surface area contributed by atoms with Crippen LogP contribution in [-0.4, -0.2) is 25.7 Å². The average molecular weight is 287 g/mol. The lowest BCUT2D eigenvalue weighted by atomic mass is 10.2. The molecule has 0 aliphatic rings. The number of hydrogen-bond donors (Lipinski definition) is 1. The van der Waals surface area contributed by atoms with Gasteiger partial charge in [-0.15, -0.1) is 15.3 Å². The zero-order valence-corrected chi connectivity index (χ0v) is 11.9. The van der Waals surface area contributed by atoms with Crippen LogP contribution in [0.2, 0.25) is 0 Å². The first-order valence-corrected chi connectivity index (χ1v) is 7.05. The molecule has 2 aromatic heterocycles. The standard InChI is InChI=1S/C13H13N5OS/c1-8(2)10-15-16-13-18(10)17-12(20-13)14-11(19)9-6-4-3-5-7-9/h3-8H,1-2H3,(H,14,17,19). The van der Waals surface area contributed by atoms with E-state index in [1.54, 1.807) is 16.6 Å². The summed E-state index contributed by atoms with van der Waals surface area (Å²) in [4.78, 5) is 12.7. The summed E-state index contributed by atoms with van der Waals surface area (Å²) in [6.07, 6.45) is 0. The van der Waals surface area contributed by atoms with Crippen molar-refractivity contribution in [3.63, 3.8) is 0 Å².